The first-order valence-electron chi connectivity index (χ1n) is 4.91. The Balaban J connectivity index is 2.18. The number of aromatic nitrogens is 1. The Kier molecular flexibility index (Phi) is 3.31. The number of pyridine rings is 1. The van der Waals surface area contributed by atoms with Gasteiger partial charge in [-0.15, -0.1) is 11.8 Å². The molecule has 0 fully saturated rings. The van der Waals surface area contributed by atoms with Gasteiger partial charge in [-0.3, -0.25) is 0 Å². The smallest absolute Gasteiger partial charge is 0.153 e. The van der Waals surface area contributed by atoms with Gasteiger partial charge in [0.15, 0.2) is 5.82 Å². The Hall–Kier alpha value is -1.68. The highest BCUT2D eigenvalue weighted by molar-refractivity contribution is 7.98. The second-order valence-electron chi connectivity index (χ2n) is 3.29. The SMILES string of the molecule is CSc1ccc(Nc2ncccc2N)cc1. The molecule has 0 saturated carbocycles. The maximum atomic E-state index is 5.80. The van der Waals surface area contributed by atoms with E-state index in [9.17, 15) is 0 Å². The van der Waals surface area contributed by atoms with Crippen LogP contribution in [0.3, 0.4) is 0 Å². The van der Waals surface area contributed by atoms with Crippen molar-refractivity contribution < 1.29 is 0 Å². The third kappa shape index (κ3) is 2.46. The summed E-state index contributed by atoms with van der Waals surface area (Å²) in [5.41, 5.74) is 7.43. The van der Waals surface area contributed by atoms with Crippen LogP contribution in [0.15, 0.2) is 47.5 Å². The first kappa shape index (κ1) is 10.8. The van der Waals surface area contributed by atoms with E-state index < -0.39 is 0 Å². The van der Waals surface area contributed by atoms with Crippen LogP contribution in [0, 0.1) is 0 Å². The molecule has 82 valence electrons. The van der Waals surface area contributed by atoms with Gasteiger partial charge in [-0.25, -0.2) is 4.98 Å². The van der Waals surface area contributed by atoms with Crippen molar-refractivity contribution in [1.29, 1.82) is 0 Å². The van der Waals surface area contributed by atoms with Crippen molar-refractivity contribution in [1.82, 2.24) is 4.98 Å². The van der Waals surface area contributed by atoms with Crippen LogP contribution in [-0.4, -0.2) is 11.2 Å². The third-order valence-electron chi connectivity index (χ3n) is 2.19. The summed E-state index contributed by atoms with van der Waals surface area (Å²) in [4.78, 5) is 5.41. The normalized spacial score (nSPS) is 10.1. The van der Waals surface area contributed by atoms with Crippen molar-refractivity contribution in [2.75, 3.05) is 17.3 Å². The van der Waals surface area contributed by atoms with Crippen LogP contribution in [0.5, 0.6) is 0 Å². The average molecular weight is 231 g/mol. The minimum absolute atomic E-state index is 0.649. The number of hydrogen-bond donors (Lipinski definition) is 2. The Morgan fingerprint density at radius 2 is 1.94 bits per heavy atom. The first-order valence-corrected chi connectivity index (χ1v) is 6.13. The minimum Gasteiger partial charge on any atom is -0.396 e. The van der Waals surface area contributed by atoms with Crippen LogP contribution in [0.2, 0.25) is 0 Å². The maximum Gasteiger partial charge on any atom is 0.153 e. The number of thioether (sulfide) groups is 1. The number of hydrogen-bond acceptors (Lipinski definition) is 4. The standard InChI is InChI=1S/C12H13N3S/c1-16-10-6-4-9(5-7-10)15-12-11(13)3-2-8-14-12/h2-8H,13H2,1H3,(H,14,15). The molecule has 0 aliphatic rings. The first-order chi connectivity index (χ1) is 7.79. The topological polar surface area (TPSA) is 50.9 Å². The zero-order chi connectivity index (χ0) is 11.4. The minimum atomic E-state index is 0.649. The molecule has 3 nitrogen and oxygen atoms in total. The Labute approximate surface area is 99.1 Å². The van der Waals surface area contributed by atoms with Crippen molar-refractivity contribution in [2.45, 2.75) is 4.90 Å². The molecule has 0 bridgehead atoms. The predicted molar refractivity (Wildman–Crippen MR) is 70.2 cm³/mol. The number of anilines is 3. The second-order valence-corrected chi connectivity index (χ2v) is 4.17. The molecule has 0 radical (unpaired) electrons. The quantitative estimate of drug-likeness (QED) is 0.797. The molecule has 2 aromatic rings. The van der Waals surface area contributed by atoms with E-state index in [2.05, 4.69) is 28.7 Å². The van der Waals surface area contributed by atoms with Crippen LogP contribution in [0.1, 0.15) is 0 Å². The molecule has 0 atom stereocenters. The fourth-order valence-corrected chi connectivity index (χ4v) is 1.74. The number of nitrogen functional groups attached to an aromatic ring is 1. The van der Waals surface area contributed by atoms with Gasteiger partial charge in [0.1, 0.15) is 0 Å². The fraction of sp³-hybridized carbons (Fsp3) is 0.0833. The molecule has 0 unspecified atom stereocenters. The van der Waals surface area contributed by atoms with Gasteiger partial charge < -0.3 is 11.1 Å². The van der Waals surface area contributed by atoms with E-state index in [1.54, 1.807) is 18.0 Å². The fourth-order valence-electron chi connectivity index (χ4n) is 1.33. The molecule has 0 spiro atoms. The van der Waals surface area contributed by atoms with Crippen LogP contribution in [-0.2, 0) is 0 Å². The lowest BCUT2D eigenvalue weighted by molar-refractivity contribution is 1.31. The number of nitrogens with one attached hydrogen (secondary N) is 1. The van der Waals surface area contributed by atoms with Gasteiger partial charge >= 0.3 is 0 Å². The van der Waals surface area contributed by atoms with E-state index in [0.29, 0.717) is 11.5 Å². The monoisotopic (exact) mass is 231 g/mol. The molecule has 0 saturated heterocycles. The van der Waals surface area contributed by atoms with Gasteiger partial charge in [-0.05, 0) is 42.7 Å². The molecule has 4 heteroatoms. The Morgan fingerprint density at radius 3 is 2.56 bits per heavy atom. The Morgan fingerprint density at radius 1 is 1.19 bits per heavy atom. The van der Waals surface area contributed by atoms with Crippen LogP contribution in [0.4, 0.5) is 17.2 Å². The van der Waals surface area contributed by atoms with Gasteiger partial charge in [0, 0.05) is 16.8 Å². The summed E-state index contributed by atoms with van der Waals surface area (Å²) >= 11 is 1.72. The molecular formula is C12H13N3S. The molecule has 0 aliphatic carbocycles. The van der Waals surface area contributed by atoms with Crippen molar-refractivity contribution in [3.63, 3.8) is 0 Å². The van der Waals surface area contributed by atoms with E-state index in [-0.39, 0.29) is 0 Å². The summed E-state index contributed by atoms with van der Waals surface area (Å²) in [6, 6.07) is 11.8. The Bertz CT molecular complexity index is 468. The molecule has 3 N–H and O–H groups in total. The number of nitrogens with zero attached hydrogens (tertiary/aromatic N) is 1. The highest BCUT2D eigenvalue weighted by Gasteiger charge is 1.99. The molecule has 1 aromatic heterocycles. The largest absolute Gasteiger partial charge is 0.396 e. The number of benzene rings is 1. The van der Waals surface area contributed by atoms with Crippen LogP contribution in [0.25, 0.3) is 0 Å². The van der Waals surface area contributed by atoms with Crippen molar-refractivity contribution >= 4 is 29.0 Å². The van der Waals surface area contributed by atoms with E-state index in [1.165, 1.54) is 4.90 Å². The summed E-state index contributed by atoms with van der Waals surface area (Å²) in [5.74, 6) is 0.694. The molecular weight excluding hydrogens is 218 g/mol. The molecule has 1 heterocycles. The molecule has 16 heavy (non-hydrogen) atoms. The number of nitrogens with two attached hydrogens (primary N) is 1. The van der Waals surface area contributed by atoms with Crippen molar-refractivity contribution in [3.8, 4) is 0 Å². The predicted octanol–water partition coefficient (Wildman–Crippen LogP) is 3.13. The average Bonchev–Trinajstić information content (AvgIpc) is 2.33. The zero-order valence-corrected chi connectivity index (χ0v) is 9.79. The molecule has 0 aliphatic heterocycles. The summed E-state index contributed by atoms with van der Waals surface area (Å²) in [6.07, 6.45) is 3.77. The highest BCUT2D eigenvalue weighted by Crippen LogP contribution is 2.22. The number of rotatable bonds is 3. The van der Waals surface area contributed by atoms with Gasteiger partial charge in [-0.1, -0.05) is 0 Å². The lowest BCUT2D eigenvalue weighted by Gasteiger charge is -2.07. The van der Waals surface area contributed by atoms with Gasteiger partial charge in [-0.2, -0.15) is 0 Å². The third-order valence-corrected chi connectivity index (χ3v) is 2.94. The molecule has 1 aromatic carbocycles. The zero-order valence-electron chi connectivity index (χ0n) is 8.97. The lowest BCUT2D eigenvalue weighted by Crippen LogP contribution is -1.98. The van der Waals surface area contributed by atoms with Gasteiger partial charge in [0.05, 0.1) is 5.69 Å². The lowest BCUT2D eigenvalue weighted by atomic mass is 10.3. The summed E-state index contributed by atoms with van der Waals surface area (Å²) in [6.45, 7) is 0. The maximum absolute atomic E-state index is 5.80. The second kappa shape index (κ2) is 4.90. The summed E-state index contributed by atoms with van der Waals surface area (Å²) in [5, 5.41) is 3.18. The van der Waals surface area contributed by atoms with Gasteiger partial charge in [0.2, 0.25) is 0 Å². The van der Waals surface area contributed by atoms with Crippen LogP contribution >= 0.6 is 11.8 Å². The molecule has 2 rings (SSSR count). The van der Waals surface area contributed by atoms with Gasteiger partial charge in [0.25, 0.3) is 0 Å². The van der Waals surface area contributed by atoms with E-state index in [4.69, 9.17) is 5.73 Å². The van der Waals surface area contributed by atoms with E-state index in [1.807, 2.05) is 24.3 Å². The van der Waals surface area contributed by atoms with E-state index >= 15 is 0 Å². The van der Waals surface area contributed by atoms with E-state index in [0.717, 1.165) is 5.69 Å². The van der Waals surface area contributed by atoms with Crippen molar-refractivity contribution in [2.24, 2.45) is 0 Å². The van der Waals surface area contributed by atoms with Crippen molar-refractivity contribution in [3.05, 3.63) is 42.6 Å². The highest BCUT2D eigenvalue weighted by atomic mass is 32.2. The summed E-state index contributed by atoms with van der Waals surface area (Å²) in [7, 11) is 0. The van der Waals surface area contributed by atoms with Crippen LogP contribution < -0.4 is 11.1 Å². The summed E-state index contributed by atoms with van der Waals surface area (Å²) < 4.78 is 0. The molecule has 0 amide bonds.